The SMILES string of the molecule is Nc1nnc(-c2ccccc2O)cc1OCC12CC(CNC(=O)CCCCCCCOc3cccc4c3C(=O)N(C3CCC(=O)NC3=O)C4=O)(C1)C2. The number of phenolic OH excluding ortho intramolecular Hbond substituents is 1. The molecule has 1 saturated heterocycles. The standard InChI is InChI=1S/C38H42N6O8/c39-33-29(17-25(42-43-33)23-9-5-6-11-27(23)45)52-22-38-18-37(19-38,20-38)21-40-30(46)13-4-2-1-3-7-16-51-28-12-8-10-24-32(28)36(50)44(35(24)49)26-14-15-31(47)41-34(26)48/h5-6,8-12,17,26,45H,1-4,7,13-16,18-22H2,(H2,39,43)(H,40,46)(H,41,47,48). The van der Waals surface area contributed by atoms with Crippen LogP contribution in [0.5, 0.6) is 17.2 Å². The minimum atomic E-state index is -1.02. The lowest BCUT2D eigenvalue weighted by Crippen LogP contribution is -2.67. The predicted octanol–water partition coefficient (Wildman–Crippen LogP) is 3.92. The van der Waals surface area contributed by atoms with E-state index < -0.39 is 29.7 Å². The second kappa shape index (κ2) is 14.2. The van der Waals surface area contributed by atoms with Crippen molar-refractivity contribution in [2.45, 2.75) is 76.7 Å². The van der Waals surface area contributed by atoms with E-state index in [0.29, 0.717) is 48.9 Å². The Kier molecular flexibility index (Phi) is 9.56. The van der Waals surface area contributed by atoms with Crippen LogP contribution >= 0.6 is 0 Å². The van der Waals surface area contributed by atoms with Crippen LogP contribution in [0.25, 0.3) is 11.3 Å². The first-order valence-electron chi connectivity index (χ1n) is 17.9. The molecule has 1 atom stereocenters. The summed E-state index contributed by atoms with van der Waals surface area (Å²) in [5, 5.41) is 23.6. The van der Waals surface area contributed by atoms with Gasteiger partial charge in [-0.05, 0) is 68.2 Å². The van der Waals surface area contributed by atoms with Gasteiger partial charge >= 0.3 is 0 Å². The molecule has 3 aromatic rings. The molecule has 14 nitrogen and oxygen atoms in total. The van der Waals surface area contributed by atoms with Gasteiger partial charge in [-0.1, -0.05) is 37.5 Å². The molecule has 3 heterocycles. The monoisotopic (exact) mass is 710 g/mol. The summed E-state index contributed by atoms with van der Waals surface area (Å²) >= 11 is 0. The van der Waals surface area contributed by atoms with Crippen molar-refractivity contribution in [3.8, 4) is 28.5 Å². The molecular formula is C38H42N6O8. The average molecular weight is 711 g/mol. The summed E-state index contributed by atoms with van der Waals surface area (Å²) in [7, 11) is 0. The first kappa shape index (κ1) is 34.9. The summed E-state index contributed by atoms with van der Waals surface area (Å²) in [5.74, 6) is -1.09. The van der Waals surface area contributed by atoms with Crippen LogP contribution in [0.1, 0.15) is 91.3 Å². The van der Waals surface area contributed by atoms with Crippen LogP contribution < -0.4 is 25.8 Å². The third kappa shape index (κ3) is 6.89. The van der Waals surface area contributed by atoms with Crippen LogP contribution in [0.3, 0.4) is 0 Å². The van der Waals surface area contributed by atoms with Crippen LogP contribution in [0.15, 0.2) is 48.5 Å². The van der Waals surface area contributed by atoms with Crippen molar-refractivity contribution in [3.05, 3.63) is 59.7 Å². The number of aromatic hydroxyl groups is 1. The van der Waals surface area contributed by atoms with Gasteiger partial charge in [0.05, 0.1) is 24.3 Å². The van der Waals surface area contributed by atoms with Crippen LogP contribution in [0.4, 0.5) is 5.82 Å². The van der Waals surface area contributed by atoms with Gasteiger partial charge < -0.3 is 25.6 Å². The number of para-hydroxylation sites is 1. The number of amides is 5. The summed E-state index contributed by atoms with van der Waals surface area (Å²) in [5.41, 5.74) is 7.63. The molecule has 3 saturated carbocycles. The van der Waals surface area contributed by atoms with Crippen molar-refractivity contribution in [2.75, 3.05) is 25.5 Å². The van der Waals surface area contributed by atoms with E-state index in [1.165, 1.54) is 0 Å². The lowest BCUT2D eigenvalue weighted by Gasteiger charge is -2.70. The Labute approximate surface area is 300 Å². The van der Waals surface area contributed by atoms with E-state index in [2.05, 4.69) is 20.8 Å². The second-order valence-electron chi connectivity index (χ2n) is 14.6. The van der Waals surface area contributed by atoms with Gasteiger partial charge in [-0.15, -0.1) is 10.2 Å². The van der Waals surface area contributed by atoms with E-state index in [-0.39, 0.29) is 52.3 Å². The van der Waals surface area contributed by atoms with Crippen LogP contribution in [-0.4, -0.2) is 75.5 Å². The summed E-state index contributed by atoms with van der Waals surface area (Å²) in [6.07, 6.45) is 7.86. The summed E-state index contributed by atoms with van der Waals surface area (Å²) in [6, 6.07) is 12.4. The third-order valence-electron chi connectivity index (χ3n) is 10.6. The minimum absolute atomic E-state index is 0.0609. The highest BCUT2D eigenvalue weighted by molar-refractivity contribution is 6.24. The number of unbranched alkanes of at least 4 members (excludes halogenated alkanes) is 4. The number of carbonyl (C=O) groups excluding carboxylic acids is 5. The number of phenols is 1. The fourth-order valence-corrected chi connectivity index (χ4v) is 8.20. The number of piperidine rings is 1. The lowest BCUT2D eigenvalue weighted by atomic mass is 9.35. The van der Waals surface area contributed by atoms with Gasteiger partial charge in [-0.25, -0.2) is 0 Å². The zero-order chi connectivity index (χ0) is 36.5. The second-order valence-corrected chi connectivity index (χ2v) is 14.6. The van der Waals surface area contributed by atoms with Crippen molar-refractivity contribution in [2.24, 2.45) is 10.8 Å². The highest BCUT2D eigenvalue weighted by Gasteiger charge is 2.67. The van der Waals surface area contributed by atoms with Crippen molar-refractivity contribution >= 4 is 35.4 Å². The number of benzene rings is 2. The number of hydrogen-bond donors (Lipinski definition) is 4. The number of ether oxygens (including phenoxy) is 2. The topological polar surface area (TPSA) is 203 Å². The molecule has 5 amide bonds. The molecular weight excluding hydrogens is 668 g/mol. The fraction of sp³-hybridized carbons (Fsp3) is 0.447. The molecule has 2 aliphatic heterocycles. The van der Waals surface area contributed by atoms with Crippen molar-refractivity contribution in [1.29, 1.82) is 0 Å². The molecule has 1 aromatic heterocycles. The predicted molar refractivity (Wildman–Crippen MR) is 187 cm³/mol. The summed E-state index contributed by atoms with van der Waals surface area (Å²) in [4.78, 5) is 63.6. The molecule has 2 aromatic carbocycles. The number of rotatable bonds is 16. The van der Waals surface area contributed by atoms with Crippen LogP contribution in [-0.2, 0) is 14.4 Å². The normalized spacial score (nSPS) is 23.0. The number of fused-ring (bicyclic) bond motifs is 1. The highest BCUT2D eigenvalue weighted by Crippen LogP contribution is 2.73. The van der Waals surface area contributed by atoms with Gasteiger partial charge in [-0.3, -0.25) is 34.2 Å². The maximum Gasteiger partial charge on any atom is 0.266 e. The zero-order valence-corrected chi connectivity index (χ0v) is 28.8. The van der Waals surface area contributed by atoms with E-state index in [0.717, 1.165) is 56.3 Å². The number of aromatic nitrogens is 2. The lowest BCUT2D eigenvalue weighted by molar-refractivity contribution is -0.215. The maximum atomic E-state index is 13.2. The van der Waals surface area contributed by atoms with Crippen molar-refractivity contribution < 1.29 is 38.6 Å². The summed E-state index contributed by atoms with van der Waals surface area (Å²) in [6.45, 7) is 1.54. The Balaban J connectivity index is 0.760. The number of nitrogens with one attached hydrogen (secondary N) is 2. The van der Waals surface area contributed by atoms with Crippen LogP contribution in [0, 0.1) is 10.8 Å². The maximum absolute atomic E-state index is 13.2. The molecule has 5 aliphatic rings. The minimum Gasteiger partial charge on any atom is -0.507 e. The largest absolute Gasteiger partial charge is 0.507 e. The average Bonchev–Trinajstić information content (AvgIpc) is 3.35. The van der Waals surface area contributed by atoms with E-state index in [1.807, 2.05) is 6.07 Å². The molecule has 52 heavy (non-hydrogen) atoms. The van der Waals surface area contributed by atoms with Gasteiger partial charge in [0, 0.05) is 36.4 Å². The molecule has 14 heteroatoms. The molecule has 5 N–H and O–H groups in total. The Morgan fingerprint density at radius 2 is 1.65 bits per heavy atom. The number of hydrogen-bond acceptors (Lipinski definition) is 11. The molecule has 0 radical (unpaired) electrons. The zero-order valence-electron chi connectivity index (χ0n) is 28.8. The number of nitrogens with zero attached hydrogens (tertiary/aromatic N) is 3. The first-order chi connectivity index (χ1) is 25.1. The molecule has 3 aliphatic carbocycles. The molecule has 1 unspecified atom stereocenters. The van der Waals surface area contributed by atoms with Crippen molar-refractivity contribution in [1.82, 2.24) is 25.7 Å². The fourth-order valence-electron chi connectivity index (χ4n) is 8.20. The van der Waals surface area contributed by atoms with E-state index in [4.69, 9.17) is 15.2 Å². The Morgan fingerprint density at radius 3 is 2.44 bits per heavy atom. The van der Waals surface area contributed by atoms with E-state index >= 15 is 0 Å². The van der Waals surface area contributed by atoms with Gasteiger partial charge in [0.1, 0.15) is 23.2 Å². The van der Waals surface area contributed by atoms with E-state index in [1.54, 1.807) is 42.5 Å². The van der Waals surface area contributed by atoms with Gasteiger partial charge in [0.25, 0.3) is 11.8 Å². The molecule has 4 fully saturated rings. The van der Waals surface area contributed by atoms with E-state index in [9.17, 15) is 29.1 Å². The molecule has 0 spiro atoms. The number of nitrogen functional groups attached to an aromatic ring is 1. The first-order valence-corrected chi connectivity index (χ1v) is 17.9. The third-order valence-corrected chi connectivity index (χ3v) is 10.6. The molecule has 2 bridgehead atoms. The smallest absolute Gasteiger partial charge is 0.266 e. The Hall–Kier alpha value is -5.53. The number of anilines is 1. The van der Waals surface area contributed by atoms with Gasteiger partial charge in [-0.2, -0.15) is 0 Å². The van der Waals surface area contributed by atoms with Gasteiger partial charge in [0.2, 0.25) is 17.7 Å². The Bertz CT molecular complexity index is 1910. The quantitative estimate of drug-likeness (QED) is 0.124. The number of nitrogens with two attached hydrogens (primary N) is 1. The van der Waals surface area contributed by atoms with Crippen LogP contribution in [0.2, 0.25) is 0 Å². The molecule has 8 rings (SSSR count). The van der Waals surface area contributed by atoms with Crippen molar-refractivity contribution in [3.63, 3.8) is 0 Å². The molecule has 272 valence electrons. The number of carbonyl (C=O) groups is 5. The number of imide groups is 2. The Morgan fingerprint density at radius 1 is 0.904 bits per heavy atom. The van der Waals surface area contributed by atoms with Gasteiger partial charge in [0.15, 0.2) is 11.6 Å². The highest BCUT2D eigenvalue weighted by atomic mass is 16.5. The summed E-state index contributed by atoms with van der Waals surface area (Å²) < 4.78 is 12.0.